The number of piperidine rings is 1. The molecule has 5 nitrogen and oxygen atoms in total. The highest BCUT2D eigenvalue weighted by Gasteiger charge is 2.26. The van der Waals surface area contributed by atoms with Crippen molar-refractivity contribution < 1.29 is 14.6 Å². The number of benzene rings is 1. The van der Waals surface area contributed by atoms with Crippen LogP contribution in [0.25, 0.3) is 0 Å². The van der Waals surface area contributed by atoms with Crippen molar-refractivity contribution >= 4 is 5.69 Å². The average Bonchev–Trinajstić information content (AvgIpc) is 2.59. The second kappa shape index (κ2) is 9.88. The van der Waals surface area contributed by atoms with Crippen molar-refractivity contribution in [3.8, 4) is 11.5 Å². The maximum absolute atomic E-state index is 10.3. The molecule has 5 heteroatoms. The van der Waals surface area contributed by atoms with Gasteiger partial charge in [-0.25, -0.2) is 0 Å². The number of ether oxygens (including phenoxy) is 2. The molecule has 142 valence electrons. The minimum Gasteiger partial charge on any atom is -0.493 e. The van der Waals surface area contributed by atoms with Crippen molar-refractivity contribution in [2.45, 2.75) is 51.6 Å². The summed E-state index contributed by atoms with van der Waals surface area (Å²) in [7, 11) is 3.75. The minimum absolute atomic E-state index is 0.226. The number of aliphatic hydroxyl groups excluding tert-OH is 1. The van der Waals surface area contributed by atoms with Crippen LogP contribution in [0, 0.1) is 5.92 Å². The molecule has 0 saturated carbocycles. The molecule has 1 heterocycles. The Morgan fingerprint density at radius 3 is 2.80 bits per heavy atom. The van der Waals surface area contributed by atoms with Crippen LogP contribution in [-0.4, -0.2) is 50.0 Å². The fourth-order valence-corrected chi connectivity index (χ4v) is 3.52. The summed E-state index contributed by atoms with van der Waals surface area (Å²) in [5.41, 5.74) is 7.93. The zero-order valence-electron chi connectivity index (χ0n) is 16.0. The molecule has 1 aromatic rings. The molecule has 2 rings (SSSR count). The summed E-state index contributed by atoms with van der Waals surface area (Å²) in [6.07, 6.45) is 6.01. The van der Waals surface area contributed by atoms with E-state index in [-0.39, 0.29) is 12.0 Å². The van der Waals surface area contributed by atoms with Crippen LogP contribution in [0.3, 0.4) is 0 Å². The summed E-state index contributed by atoms with van der Waals surface area (Å²) in [6.45, 7) is 4.71. The molecule has 0 aliphatic carbocycles. The van der Waals surface area contributed by atoms with Gasteiger partial charge >= 0.3 is 0 Å². The van der Waals surface area contributed by atoms with Gasteiger partial charge in [0, 0.05) is 19.0 Å². The van der Waals surface area contributed by atoms with Crippen molar-refractivity contribution in [2.75, 3.05) is 39.6 Å². The molecule has 2 unspecified atom stereocenters. The number of anilines is 1. The Morgan fingerprint density at radius 2 is 2.08 bits per heavy atom. The molecule has 0 aromatic heterocycles. The Kier molecular flexibility index (Phi) is 7.85. The van der Waals surface area contributed by atoms with Gasteiger partial charge in [0.25, 0.3) is 0 Å². The standard InChI is InChI=1S/C20H34N2O3/c1-4-5-6-7-10-25-20-17(21)12-15(13-19(20)24-3)11-16-14-22(2)9-8-18(16)23/h12-13,16,18,23H,4-11,14,21H2,1-3H3. The van der Waals surface area contributed by atoms with Crippen molar-refractivity contribution in [2.24, 2.45) is 5.92 Å². The third-order valence-electron chi connectivity index (χ3n) is 5.00. The molecule has 0 bridgehead atoms. The lowest BCUT2D eigenvalue weighted by Gasteiger charge is -2.34. The van der Waals surface area contributed by atoms with E-state index in [0.717, 1.165) is 37.9 Å². The molecule has 25 heavy (non-hydrogen) atoms. The maximum atomic E-state index is 10.3. The number of unbranched alkanes of at least 4 members (excludes halogenated alkanes) is 3. The monoisotopic (exact) mass is 350 g/mol. The van der Waals surface area contributed by atoms with E-state index in [9.17, 15) is 5.11 Å². The molecular formula is C20H34N2O3. The number of methoxy groups -OCH3 is 1. The van der Waals surface area contributed by atoms with E-state index in [1.165, 1.54) is 19.3 Å². The SMILES string of the molecule is CCCCCCOc1c(N)cc(CC2CN(C)CCC2O)cc1OC. The Morgan fingerprint density at radius 1 is 1.28 bits per heavy atom. The van der Waals surface area contributed by atoms with E-state index in [1.807, 2.05) is 12.1 Å². The van der Waals surface area contributed by atoms with Crippen LogP contribution in [0.4, 0.5) is 5.69 Å². The average molecular weight is 351 g/mol. The van der Waals surface area contributed by atoms with Gasteiger partial charge < -0.3 is 25.2 Å². The molecule has 3 N–H and O–H groups in total. The van der Waals surface area contributed by atoms with Gasteiger partial charge in [0.15, 0.2) is 11.5 Å². The predicted octanol–water partition coefficient (Wildman–Crippen LogP) is 3.09. The number of hydrogen-bond acceptors (Lipinski definition) is 5. The van der Waals surface area contributed by atoms with Gasteiger partial charge in [-0.05, 0) is 44.0 Å². The number of hydrogen-bond donors (Lipinski definition) is 2. The van der Waals surface area contributed by atoms with Crippen molar-refractivity contribution in [3.63, 3.8) is 0 Å². The normalized spacial score (nSPS) is 21.3. The second-order valence-corrected chi connectivity index (χ2v) is 7.21. The zero-order valence-corrected chi connectivity index (χ0v) is 16.0. The molecule has 1 aromatic carbocycles. The highest BCUT2D eigenvalue weighted by molar-refractivity contribution is 5.62. The summed E-state index contributed by atoms with van der Waals surface area (Å²) < 4.78 is 11.4. The van der Waals surface area contributed by atoms with Crippen molar-refractivity contribution in [3.05, 3.63) is 17.7 Å². The van der Waals surface area contributed by atoms with Gasteiger partial charge in [-0.3, -0.25) is 0 Å². The maximum Gasteiger partial charge on any atom is 0.184 e. The fraction of sp³-hybridized carbons (Fsp3) is 0.700. The number of nitrogen functional groups attached to an aromatic ring is 1. The number of nitrogens with zero attached hydrogens (tertiary/aromatic N) is 1. The van der Waals surface area contributed by atoms with Crippen LogP contribution < -0.4 is 15.2 Å². The van der Waals surface area contributed by atoms with Gasteiger partial charge in [0.05, 0.1) is 25.5 Å². The molecule has 1 aliphatic heterocycles. The third-order valence-corrected chi connectivity index (χ3v) is 5.00. The molecule has 1 fully saturated rings. The molecule has 0 amide bonds. The lowest BCUT2D eigenvalue weighted by molar-refractivity contribution is 0.0366. The molecular weight excluding hydrogens is 316 g/mol. The van der Waals surface area contributed by atoms with Gasteiger partial charge in [-0.2, -0.15) is 0 Å². The fourth-order valence-electron chi connectivity index (χ4n) is 3.52. The first kappa shape index (κ1) is 19.9. The van der Waals surface area contributed by atoms with Gasteiger partial charge in [0.2, 0.25) is 0 Å². The topological polar surface area (TPSA) is 68.0 Å². The lowest BCUT2D eigenvalue weighted by Crippen LogP contribution is -2.41. The van der Waals surface area contributed by atoms with E-state index in [2.05, 4.69) is 18.9 Å². The summed E-state index contributed by atoms with van der Waals surface area (Å²) in [4.78, 5) is 2.27. The third kappa shape index (κ3) is 5.79. The van der Waals surface area contributed by atoms with Crippen LogP contribution in [-0.2, 0) is 6.42 Å². The molecule has 0 spiro atoms. The summed E-state index contributed by atoms with van der Waals surface area (Å²) in [5.74, 6) is 1.55. The largest absolute Gasteiger partial charge is 0.493 e. The van der Waals surface area contributed by atoms with Gasteiger partial charge in [-0.15, -0.1) is 0 Å². The lowest BCUT2D eigenvalue weighted by atomic mass is 9.88. The number of aliphatic hydroxyl groups is 1. The first-order chi connectivity index (χ1) is 12.0. The van der Waals surface area contributed by atoms with Crippen LogP contribution in [0.2, 0.25) is 0 Å². The van der Waals surface area contributed by atoms with E-state index >= 15 is 0 Å². The van der Waals surface area contributed by atoms with Crippen molar-refractivity contribution in [1.29, 1.82) is 0 Å². The van der Waals surface area contributed by atoms with Crippen LogP contribution in [0.15, 0.2) is 12.1 Å². The van der Waals surface area contributed by atoms with Crippen LogP contribution in [0.5, 0.6) is 11.5 Å². The predicted molar refractivity (Wildman–Crippen MR) is 102 cm³/mol. The molecule has 1 aliphatic rings. The number of rotatable bonds is 9. The first-order valence-corrected chi connectivity index (χ1v) is 9.51. The van der Waals surface area contributed by atoms with E-state index in [0.29, 0.717) is 23.8 Å². The quantitative estimate of drug-likeness (QED) is 0.529. The van der Waals surface area contributed by atoms with Crippen LogP contribution >= 0.6 is 0 Å². The first-order valence-electron chi connectivity index (χ1n) is 9.51. The van der Waals surface area contributed by atoms with Gasteiger partial charge in [0.1, 0.15) is 0 Å². The van der Waals surface area contributed by atoms with E-state index in [4.69, 9.17) is 15.2 Å². The second-order valence-electron chi connectivity index (χ2n) is 7.21. The highest BCUT2D eigenvalue weighted by atomic mass is 16.5. The summed E-state index contributed by atoms with van der Waals surface area (Å²) >= 11 is 0. The molecule has 2 atom stereocenters. The number of likely N-dealkylation sites (tertiary alicyclic amines) is 1. The van der Waals surface area contributed by atoms with Crippen LogP contribution in [0.1, 0.15) is 44.6 Å². The smallest absolute Gasteiger partial charge is 0.184 e. The van der Waals surface area contributed by atoms with Gasteiger partial charge in [-0.1, -0.05) is 26.2 Å². The number of nitrogens with two attached hydrogens (primary N) is 1. The zero-order chi connectivity index (χ0) is 18.2. The van der Waals surface area contributed by atoms with E-state index < -0.39 is 0 Å². The summed E-state index contributed by atoms with van der Waals surface area (Å²) in [5, 5.41) is 10.3. The Hall–Kier alpha value is -1.46. The Labute approximate surface area is 152 Å². The summed E-state index contributed by atoms with van der Waals surface area (Å²) in [6, 6.07) is 3.96. The highest BCUT2D eigenvalue weighted by Crippen LogP contribution is 2.36. The Balaban J connectivity index is 2.02. The molecule has 0 radical (unpaired) electrons. The van der Waals surface area contributed by atoms with Crippen molar-refractivity contribution in [1.82, 2.24) is 4.90 Å². The molecule has 1 saturated heterocycles. The Bertz CT molecular complexity index is 536. The van der Waals surface area contributed by atoms with E-state index in [1.54, 1.807) is 7.11 Å². The minimum atomic E-state index is -0.252.